The monoisotopic (exact) mass is 269 g/mol. The molecule has 1 aliphatic rings. The van der Waals surface area contributed by atoms with Crippen LogP contribution in [-0.2, 0) is 0 Å². The van der Waals surface area contributed by atoms with Crippen LogP contribution in [0.25, 0.3) is 0 Å². The number of nitrogens with one attached hydrogen (secondary N) is 1. The maximum absolute atomic E-state index is 5.32. The number of para-hydroxylation sites is 1. The Kier molecular flexibility index (Phi) is 3.52. The second-order valence-corrected chi connectivity index (χ2v) is 4.85. The molecule has 0 aromatic heterocycles. The highest BCUT2D eigenvalue weighted by Crippen LogP contribution is 2.34. The van der Waals surface area contributed by atoms with Gasteiger partial charge in [-0.25, -0.2) is 0 Å². The zero-order valence-electron chi connectivity index (χ0n) is 8.92. The van der Waals surface area contributed by atoms with Crippen LogP contribution in [-0.4, -0.2) is 13.7 Å². The standard InChI is InChI=1S/C12H16BrNO/c1-15-11-7-3-6-10(13)12(11)14-8-9-4-2-5-9/h3,6-7,9,14H,2,4-5,8H2,1H3. The van der Waals surface area contributed by atoms with Gasteiger partial charge in [-0.1, -0.05) is 12.5 Å². The molecule has 0 atom stereocenters. The van der Waals surface area contributed by atoms with Crippen LogP contribution in [0, 0.1) is 5.92 Å². The minimum absolute atomic E-state index is 0.849. The number of methoxy groups -OCH3 is 1. The molecule has 1 fully saturated rings. The van der Waals surface area contributed by atoms with Crippen LogP contribution in [0.15, 0.2) is 22.7 Å². The van der Waals surface area contributed by atoms with Gasteiger partial charge in [-0.2, -0.15) is 0 Å². The van der Waals surface area contributed by atoms with Gasteiger partial charge in [-0.05, 0) is 46.8 Å². The maximum atomic E-state index is 5.32. The Labute approximate surface area is 99.1 Å². The van der Waals surface area contributed by atoms with E-state index in [1.54, 1.807) is 7.11 Å². The number of halogens is 1. The summed E-state index contributed by atoms with van der Waals surface area (Å²) in [5, 5.41) is 3.46. The number of hydrogen-bond acceptors (Lipinski definition) is 2. The largest absolute Gasteiger partial charge is 0.495 e. The first-order chi connectivity index (χ1) is 7.31. The molecule has 0 saturated heterocycles. The van der Waals surface area contributed by atoms with Gasteiger partial charge in [0, 0.05) is 11.0 Å². The highest BCUT2D eigenvalue weighted by atomic mass is 79.9. The molecule has 0 amide bonds. The number of rotatable bonds is 4. The molecule has 1 aromatic rings. The Bertz CT molecular complexity index is 336. The van der Waals surface area contributed by atoms with E-state index in [0.717, 1.165) is 28.4 Å². The first-order valence-corrected chi connectivity index (χ1v) is 6.17. The Morgan fingerprint density at radius 2 is 2.27 bits per heavy atom. The molecule has 1 aromatic carbocycles. The van der Waals surface area contributed by atoms with E-state index in [2.05, 4.69) is 21.2 Å². The highest BCUT2D eigenvalue weighted by Gasteiger charge is 2.17. The Morgan fingerprint density at radius 3 is 2.87 bits per heavy atom. The van der Waals surface area contributed by atoms with Gasteiger partial charge in [0.1, 0.15) is 5.75 Å². The van der Waals surface area contributed by atoms with Gasteiger partial charge in [0.05, 0.1) is 12.8 Å². The quantitative estimate of drug-likeness (QED) is 0.901. The summed E-state index contributed by atoms with van der Waals surface area (Å²) in [5.74, 6) is 1.76. The lowest BCUT2D eigenvalue weighted by Gasteiger charge is -2.26. The number of ether oxygens (including phenoxy) is 1. The molecular weight excluding hydrogens is 254 g/mol. The summed E-state index contributed by atoms with van der Waals surface area (Å²) < 4.78 is 6.39. The van der Waals surface area contributed by atoms with Gasteiger partial charge in [-0.15, -0.1) is 0 Å². The van der Waals surface area contributed by atoms with Crippen LogP contribution in [0.1, 0.15) is 19.3 Å². The smallest absolute Gasteiger partial charge is 0.143 e. The summed E-state index contributed by atoms with van der Waals surface area (Å²) in [7, 11) is 1.70. The van der Waals surface area contributed by atoms with Crippen molar-refractivity contribution in [1.29, 1.82) is 0 Å². The highest BCUT2D eigenvalue weighted by molar-refractivity contribution is 9.10. The van der Waals surface area contributed by atoms with Gasteiger partial charge in [0.25, 0.3) is 0 Å². The predicted octanol–water partition coefficient (Wildman–Crippen LogP) is 3.67. The van der Waals surface area contributed by atoms with Crippen LogP contribution in [0.5, 0.6) is 5.75 Å². The normalized spacial score (nSPS) is 15.9. The molecule has 2 rings (SSSR count). The van der Waals surface area contributed by atoms with Gasteiger partial charge >= 0.3 is 0 Å². The van der Waals surface area contributed by atoms with Crippen LogP contribution in [0.3, 0.4) is 0 Å². The summed E-state index contributed by atoms with van der Waals surface area (Å²) in [4.78, 5) is 0. The molecular formula is C12H16BrNO. The second kappa shape index (κ2) is 4.88. The molecule has 0 spiro atoms. The fourth-order valence-electron chi connectivity index (χ4n) is 1.79. The summed E-state index contributed by atoms with van der Waals surface area (Å²) in [6, 6.07) is 6.00. The predicted molar refractivity (Wildman–Crippen MR) is 66.5 cm³/mol. The molecule has 3 heteroatoms. The van der Waals surface area contributed by atoms with E-state index >= 15 is 0 Å². The van der Waals surface area contributed by atoms with Crippen molar-refractivity contribution in [1.82, 2.24) is 0 Å². The lowest BCUT2D eigenvalue weighted by atomic mass is 9.85. The van der Waals surface area contributed by atoms with Crippen molar-refractivity contribution in [2.75, 3.05) is 19.0 Å². The van der Waals surface area contributed by atoms with Gasteiger partial charge in [-0.3, -0.25) is 0 Å². The fraction of sp³-hybridized carbons (Fsp3) is 0.500. The number of anilines is 1. The molecule has 0 aliphatic heterocycles. The SMILES string of the molecule is COc1cccc(Br)c1NCC1CCC1. The van der Waals surface area contributed by atoms with Crippen molar-refractivity contribution >= 4 is 21.6 Å². The van der Waals surface area contributed by atoms with E-state index in [0.29, 0.717) is 0 Å². The molecule has 1 N–H and O–H groups in total. The molecule has 1 saturated carbocycles. The van der Waals surface area contributed by atoms with E-state index in [9.17, 15) is 0 Å². The number of benzene rings is 1. The van der Waals surface area contributed by atoms with E-state index in [4.69, 9.17) is 4.74 Å². The molecule has 1 aliphatic carbocycles. The first-order valence-electron chi connectivity index (χ1n) is 5.37. The van der Waals surface area contributed by atoms with Crippen molar-refractivity contribution in [3.63, 3.8) is 0 Å². The summed E-state index contributed by atoms with van der Waals surface area (Å²) in [6.07, 6.45) is 4.11. The summed E-state index contributed by atoms with van der Waals surface area (Å²) in [5.41, 5.74) is 1.08. The molecule has 0 bridgehead atoms. The minimum atomic E-state index is 0.849. The van der Waals surface area contributed by atoms with Crippen molar-refractivity contribution in [2.45, 2.75) is 19.3 Å². The molecule has 0 heterocycles. The zero-order valence-corrected chi connectivity index (χ0v) is 10.5. The third-order valence-corrected chi connectivity index (χ3v) is 3.65. The Balaban J connectivity index is 2.04. The second-order valence-electron chi connectivity index (χ2n) is 3.99. The third kappa shape index (κ3) is 2.46. The van der Waals surface area contributed by atoms with Crippen molar-refractivity contribution < 1.29 is 4.74 Å². The summed E-state index contributed by atoms with van der Waals surface area (Å²) in [6.45, 7) is 1.05. The van der Waals surface area contributed by atoms with E-state index in [1.807, 2.05) is 18.2 Å². The molecule has 2 nitrogen and oxygen atoms in total. The van der Waals surface area contributed by atoms with Gasteiger partial charge < -0.3 is 10.1 Å². The van der Waals surface area contributed by atoms with Crippen molar-refractivity contribution in [3.8, 4) is 5.75 Å². The minimum Gasteiger partial charge on any atom is -0.495 e. The van der Waals surface area contributed by atoms with E-state index in [1.165, 1.54) is 19.3 Å². The number of hydrogen-bond donors (Lipinski definition) is 1. The average molecular weight is 270 g/mol. The van der Waals surface area contributed by atoms with Gasteiger partial charge in [0.15, 0.2) is 0 Å². The lowest BCUT2D eigenvalue weighted by molar-refractivity contribution is 0.332. The van der Waals surface area contributed by atoms with Crippen molar-refractivity contribution in [2.24, 2.45) is 5.92 Å². The van der Waals surface area contributed by atoms with Crippen molar-refractivity contribution in [3.05, 3.63) is 22.7 Å². The topological polar surface area (TPSA) is 21.3 Å². The average Bonchev–Trinajstić information content (AvgIpc) is 2.17. The molecule has 82 valence electrons. The summed E-state index contributed by atoms with van der Waals surface area (Å²) >= 11 is 3.54. The maximum Gasteiger partial charge on any atom is 0.143 e. The zero-order chi connectivity index (χ0) is 10.7. The van der Waals surface area contributed by atoms with Crippen LogP contribution in [0.2, 0.25) is 0 Å². The van der Waals surface area contributed by atoms with E-state index < -0.39 is 0 Å². The van der Waals surface area contributed by atoms with Gasteiger partial charge in [0.2, 0.25) is 0 Å². The van der Waals surface area contributed by atoms with Crippen LogP contribution in [0.4, 0.5) is 5.69 Å². The first kappa shape index (κ1) is 10.8. The fourth-order valence-corrected chi connectivity index (χ4v) is 2.28. The lowest BCUT2D eigenvalue weighted by Crippen LogP contribution is -2.21. The third-order valence-electron chi connectivity index (χ3n) is 2.99. The molecule has 0 unspecified atom stereocenters. The van der Waals surface area contributed by atoms with Crippen LogP contribution >= 0.6 is 15.9 Å². The van der Waals surface area contributed by atoms with E-state index in [-0.39, 0.29) is 0 Å². The molecule has 15 heavy (non-hydrogen) atoms. The Hall–Kier alpha value is -0.700. The Morgan fingerprint density at radius 1 is 1.47 bits per heavy atom. The van der Waals surface area contributed by atoms with Crippen LogP contribution < -0.4 is 10.1 Å². The molecule has 0 radical (unpaired) electrons.